The SMILES string of the molecule is C=C[C@@]1(C)C[C@@H](O)[C@@]2(C)C3C(O[Si](C(C)C)(C(C)C)C(C)C)=CC[C@@]3(CC[C@H]2C)C(=C)[C@@H]1OCOC. The van der Waals surface area contributed by atoms with Gasteiger partial charge in [-0.25, -0.2) is 0 Å². The minimum atomic E-state index is -2.17. The van der Waals surface area contributed by atoms with Gasteiger partial charge in [-0.3, -0.25) is 0 Å². The lowest BCUT2D eigenvalue weighted by Gasteiger charge is -2.62. The summed E-state index contributed by atoms with van der Waals surface area (Å²) in [5, 5.41) is 12.1. The van der Waals surface area contributed by atoms with E-state index in [0.29, 0.717) is 29.0 Å². The zero-order valence-electron chi connectivity index (χ0n) is 24.8. The molecule has 3 rings (SSSR count). The van der Waals surface area contributed by atoms with E-state index in [4.69, 9.17) is 20.5 Å². The first-order valence-electron chi connectivity index (χ1n) is 14.2. The van der Waals surface area contributed by atoms with Gasteiger partial charge >= 0.3 is 0 Å². The highest BCUT2D eigenvalue weighted by Crippen LogP contribution is 2.69. The second-order valence-electron chi connectivity index (χ2n) is 13.5. The molecular formula is C31H54O4Si. The standard InChI is InChI=1S/C31H54O4Si/c1-13-29(10)18-26(32)30(11)23(8)14-16-31(24(9)28(29)34-19-33-12)17-15-25(27(30)31)35-36(20(2)3,21(4)5)22(6)7/h13,15,20-23,26-28,32H,1,9,14,16-19H2,2-8,10-12H3/t23-,26-,27?,28+,29+,30+,31+/m1/s1. The van der Waals surface area contributed by atoms with E-state index in [-0.39, 0.29) is 29.6 Å². The summed E-state index contributed by atoms with van der Waals surface area (Å²) in [6.07, 6.45) is 7.11. The summed E-state index contributed by atoms with van der Waals surface area (Å²) < 4.78 is 19.2. The molecule has 1 unspecified atom stereocenters. The predicted molar refractivity (Wildman–Crippen MR) is 152 cm³/mol. The minimum absolute atomic E-state index is 0.0855. The molecule has 0 heterocycles. The van der Waals surface area contributed by atoms with Crippen LogP contribution in [0.2, 0.25) is 16.6 Å². The lowest BCUT2D eigenvalue weighted by Crippen LogP contribution is -2.61. The Morgan fingerprint density at radius 1 is 1.14 bits per heavy atom. The number of rotatable bonds is 9. The van der Waals surface area contributed by atoms with Gasteiger partial charge in [0.25, 0.3) is 8.32 Å². The molecule has 0 aromatic heterocycles. The molecule has 0 amide bonds. The summed E-state index contributed by atoms with van der Waals surface area (Å²) in [6.45, 7) is 30.0. The molecule has 2 saturated carbocycles. The third kappa shape index (κ3) is 4.21. The van der Waals surface area contributed by atoms with E-state index < -0.39 is 19.8 Å². The van der Waals surface area contributed by atoms with E-state index in [0.717, 1.165) is 30.6 Å². The Hall–Kier alpha value is -0.883. The fourth-order valence-electron chi connectivity index (χ4n) is 8.68. The van der Waals surface area contributed by atoms with Gasteiger partial charge in [-0.2, -0.15) is 0 Å². The molecule has 0 aromatic rings. The quantitative estimate of drug-likeness (QED) is 0.191. The zero-order chi connectivity index (χ0) is 27.3. The molecule has 206 valence electrons. The van der Waals surface area contributed by atoms with E-state index in [1.807, 2.05) is 6.08 Å². The molecule has 3 aliphatic rings. The van der Waals surface area contributed by atoms with Gasteiger partial charge in [-0.1, -0.05) is 75.0 Å². The van der Waals surface area contributed by atoms with Gasteiger partial charge in [-0.05, 0) is 59.9 Å². The molecule has 3 aliphatic carbocycles. The highest BCUT2D eigenvalue weighted by Gasteiger charge is 2.66. The van der Waals surface area contributed by atoms with E-state index in [1.54, 1.807) is 7.11 Å². The van der Waals surface area contributed by atoms with Crippen LogP contribution in [0.15, 0.2) is 36.6 Å². The van der Waals surface area contributed by atoms with E-state index in [2.05, 4.69) is 75.0 Å². The lowest BCUT2D eigenvalue weighted by molar-refractivity contribution is -0.164. The Morgan fingerprint density at radius 2 is 1.72 bits per heavy atom. The van der Waals surface area contributed by atoms with Crippen molar-refractivity contribution in [3.8, 4) is 0 Å². The Morgan fingerprint density at radius 3 is 2.22 bits per heavy atom. The first kappa shape index (κ1) is 29.7. The smallest absolute Gasteiger partial charge is 0.258 e. The molecule has 36 heavy (non-hydrogen) atoms. The van der Waals surface area contributed by atoms with Gasteiger partial charge in [0, 0.05) is 29.3 Å². The Bertz CT molecular complexity index is 841. The molecular weight excluding hydrogens is 464 g/mol. The van der Waals surface area contributed by atoms with Crippen LogP contribution in [-0.2, 0) is 13.9 Å². The molecule has 0 aliphatic heterocycles. The van der Waals surface area contributed by atoms with Crippen LogP contribution in [0.5, 0.6) is 0 Å². The maximum absolute atomic E-state index is 12.1. The fraction of sp³-hybridized carbons (Fsp3) is 0.806. The van der Waals surface area contributed by atoms with Crippen molar-refractivity contribution < 1.29 is 19.0 Å². The van der Waals surface area contributed by atoms with Crippen LogP contribution in [0.1, 0.15) is 88.0 Å². The van der Waals surface area contributed by atoms with Crippen molar-refractivity contribution in [1.29, 1.82) is 0 Å². The maximum Gasteiger partial charge on any atom is 0.258 e. The Balaban J connectivity index is 2.21. The first-order valence-corrected chi connectivity index (χ1v) is 16.3. The highest BCUT2D eigenvalue weighted by atomic mass is 28.4. The highest BCUT2D eigenvalue weighted by molar-refractivity contribution is 6.77. The molecule has 7 atom stereocenters. The number of allylic oxidation sites excluding steroid dienone is 2. The topological polar surface area (TPSA) is 47.9 Å². The zero-order valence-corrected chi connectivity index (χ0v) is 25.8. The second-order valence-corrected chi connectivity index (χ2v) is 18.9. The van der Waals surface area contributed by atoms with Crippen LogP contribution >= 0.6 is 0 Å². The van der Waals surface area contributed by atoms with Crippen molar-refractivity contribution in [1.82, 2.24) is 0 Å². The maximum atomic E-state index is 12.1. The molecule has 4 nitrogen and oxygen atoms in total. The fourth-order valence-corrected chi connectivity index (χ4v) is 14.0. The van der Waals surface area contributed by atoms with Crippen LogP contribution in [0, 0.1) is 28.1 Å². The Kier molecular flexibility index (Phi) is 8.53. The van der Waals surface area contributed by atoms with Gasteiger partial charge in [-0.15, -0.1) is 6.58 Å². The van der Waals surface area contributed by atoms with Crippen LogP contribution < -0.4 is 0 Å². The predicted octanol–water partition coefficient (Wildman–Crippen LogP) is 8.01. The minimum Gasteiger partial charge on any atom is -0.546 e. The average Bonchev–Trinajstić information content (AvgIpc) is 3.18. The second kappa shape index (κ2) is 10.4. The third-order valence-corrected chi connectivity index (χ3v) is 16.9. The van der Waals surface area contributed by atoms with Gasteiger partial charge in [0.1, 0.15) is 6.79 Å². The van der Waals surface area contributed by atoms with Crippen molar-refractivity contribution in [3.05, 3.63) is 36.6 Å². The molecule has 2 fully saturated rings. The number of aliphatic hydroxyl groups excluding tert-OH is 1. The monoisotopic (exact) mass is 518 g/mol. The van der Waals surface area contributed by atoms with E-state index in [9.17, 15) is 5.11 Å². The Labute approximate surface area is 222 Å². The lowest BCUT2D eigenvalue weighted by atomic mass is 9.45. The van der Waals surface area contributed by atoms with Crippen molar-refractivity contribution in [2.45, 2.75) is 117 Å². The first-order chi connectivity index (χ1) is 16.7. The summed E-state index contributed by atoms with van der Waals surface area (Å²) in [6, 6.07) is 0. The van der Waals surface area contributed by atoms with Crippen molar-refractivity contribution in [2.75, 3.05) is 13.9 Å². The molecule has 0 aromatic carbocycles. The molecule has 0 spiro atoms. The third-order valence-electron chi connectivity index (χ3n) is 10.9. The average molecular weight is 519 g/mol. The van der Waals surface area contributed by atoms with Gasteiger partial charge in [0.15, 0.2) is 0 Å². The molecule has 2 bridgehead atoms. The number of aliphatic hydroxyl groups is 1. The number of hydrogen-bond acceptors (Lipinski definition) is 4. The number of ether oxygens (including phenoxy) is 2. The number of methoxy groups -OCH3 is 1. The summed E-state index contributed by atoms with van der Waals surface area (Å²) in [4.78, 5) is 0. The van der Waals surface area contributed by atoms with Crippen LogP contribution in [-0.4, -0.2) is 39.5 Å². The normalized spacial score (nSPS) is 39.2. The van der Waals surface area contributed by atoms with Gasteiger partial charge < -0.3 is 19.0 Å². The van der Waals surface area contributed by atoms with E-state index in [1.165, 1.54) is 0 Å². The molecule has 0 radical (unpaired) electrons. The molecule has 0 saturated heterocycles. The largest absolute Gasteiger partial charge is 0.546 e. The molecule has 1 N–H and O–H groups in total. The van der Waals surface area contributed by atoms with Crippen LogP contribution in [0.3, 0.4) is 0 Å². The summed E-state index contributed by atoms with van der Waals surface area (Å²) >= 11 is 0. The summed E-state index contributed by atoms with van der Waals surface area (Å²) in [7, 11) is -0.512. The van der Waals surface area contributed by atoms with Crippen molar-refractivity contribution >= 4 is 8.32 Å². The summed E-state index contributed by atoms with van der Waals surface area (Å²) in [5.74, 6) is 1.57. The van der Waals surface area contributed by atoms with Gasteiger partial charge in [0.05, 0.1) is 18.0 Å². The van der Waals surface area contributed by atoms with Crippen molar-refractivity contribution in [3.63, 3.8) is 0 Å². The number of hydrogen-bond donors (Lipinski definition) is 1. The van der Waals surface area contributed by atoms with Crippen molar-refractivity contribution in [2.24, 2.45) is 28.1 Å². The van der Waals surface area contributed by atoms with E-state index >= 15 is 0 Å². The van der Waals surface area contributed by atoms with Crippen LogP contribution in [0.4, 0.5) is 0 Å². The summed E-state index contributed by atoms with van der Waals surface area (Å²) in [5.41, 5.74) is 1.62. The van der Waals surface area contributed by atoms with Gasteiger partial charge in [0.2, 0.25) is 0 Å². The van der Waals surface area contributed by atoms with Crippen LogP contribution in [0.25, 0.3) is 0 Å². The molecule has 5 heteroatoms.